The smallest absolute Gasteiger partial charge is 0.305 e. The Morgan fingerprint density at radius 2 is 1.02 bits per heavy atom. The zero-order valence-corrected chi connectivity index (χ0v) is 50.1. The Labute approximate surface area is 520 Å². The highest BCUT2D eigenvalue weighted by molar-refractivity contribution is 6.00. The number of benzene rings is 2. The summed E-state index contributed by atoms with van der Waals surface area (Å²) in [5.74, 6) is -14.4. The van der Waals surface area contributed by atoms with Crippen molar-refractivity contribution in [2.75, 3.05) is 39.4 Å². The molecule has 2 saturated heterocycles. The Morgan fingerprint density at radius 1 is 0.571 bits per heavy atom. The van der Waals surface area contributed by atoms with Gasteiger partial charge < -0.3 is 101 Å². The third-order valence-corrected chi connectivity index (χ3v) is 15.0. The number of aromatic nitrogens is 2. The van der Waals surface area contributed by atoms with E-state index in [1.807, 2.05) is 0 Å². The standard InChI is InChI=1S/C58H79N17O16/c1-29(2)19-38-52(86)73-42(27-76)55(89)72-41(22-48(81)82)57(91)75-18-8-14-44(75)56(90)74-43(28-77)54(88)70-37(15-16-45(59)78)51(85)71-39(20-30-23-63-34-11-5-3-9-32(30)34)50(84)66-26-47(80)68-40(21-31-24-64-35-12-6-4-10-33(31)35)53(87)69-36(13-7-17-62-58(60)61)49(83)65-25-46(79)67-38/h3-6,9-12,23-24,29,36-44,63-64,76-77H,7-8,13-22,25-28H2,1-2H3,(H2,59,78)(H,65,83)(H,66,84)(H,67,79)(H,68,80)(H,69,87)(H,70,88)(H,71,85)(H,72,89)(H,73,86)(H,74,90)(H,81,82)(H4,60,61,62). The number of hydrogen-bond acceptors (Lipinski definition) is 16. The van der Waals surface area contributed by atoms with Crippen molar-refractivity contribution in [2.24, 2.45) is 28.1 Å². The number of fused-ring (bicyclic) bond motifs is 3. The molecule has 91 heavy (non-hydrogen) atoms. The van der Waals surface area contributed by atoms with Crippen LogP contribution in [0.4, 0.5) is 0 Å². The molecule has 2 aliphatic rings. The highest BCUT2D eigenvalue weighted by atomic mass is 16.4. The summed E-state index contributed by atoms with van der Waals surface area (Å²) in [4.78, 5) is 190. The number of aliphatic hydroxyl groups excluding tert-OH is 2. The van der Waals surface area contributed by atoms with Gasteiger partial charge >= 0.3 is 5.97 Å². The Balaban J connectivity index is 1.37. The average Bonchev–Trinajstić information content (AvgIpc) is 1.89. The molecule has 0 aliphatic carbocycles. The first-order chi connectivity index (χ1) is 43.3. The van der Waals surface area contributed by atoms with Gasteiger partial charge in [-0.1, -0.05) is 50.2 Å². The Morgan fingerprint density at radius 3 is 1.55 bits per heavy atom. The lowest BCUT2D eigenvalue weighted by atomic mass is 10.0. The number of aliphatic carboxylic acids is 1. The van der Waals surface area contributed by atoms with Crippen molar-refractivity contribution in [3.63, 3.8) is 0 Å². The first kappa shape index (κ1) is 69.9. The number of carbonyl (C=O) groups excluding carboxylic acids is 12. The fraction of sp³-hybridized carbons (Fsp3) is 0.483. The van der Waals surface area contributed by atoms with Crippen LogP contribution >= 0.6 is 0 Å². The van der Waals surface area contributed by atoms with E-state index >= 15 is 0 Å². The van der Waals surface area contributed by atoms with Crippen LogP contribution < -0.4 is 70.4 Å². The molecule has 9 atom stereocenters. The molecule has 0 saturated carbocycles. The van der Waals surface area contributed by atoms with Gasteiger partial charge in [0.05, 0.1) is 32.7 Å². The molecule has 9 unspecified atom stereocenters. The van der Waals surface area contributed by atoms with E-state index in [1.54, 1.807) is 74.8 Å². The van der Waals surface area contributed by atoms with Crippen LogP contribution in [0.15, 0.2) is 65.9 Å². The molecule has 0 radical (unpaired) electrons. The number of para-hydroxylation sites is 2. The topological polar surface area (TPSA) is 528 Å². The predicted octanol–water partition coefficient (Wildman–Crippen LogP) is -5.63. The van der Waals surface area contributed by atoms with Crippen LogP contribution in [0.25, 0.3) is 21.8 Å². The van der Waals surface area contributed by atoms with Gasteiger partial charge in [-0.3, -0.25) is 67.3 Å². The van der Waals surface area contributed by atoms with Crippen molar-refractivity contribution in [2.45, 2.75) is 132 Å². The number of guanidine groups is 1. The molecule has 0 spiro atoms. The summed E-state index contributed by atoms with van der Waals surface area (Å²) >= 11 is 0. The second kappa shape index (κ2) is 33.4. The second-order valence-electron chi connectivity index (χ2n) is 22.4. The summed E-state index contributed by atoms with van der Waals surface area (Å²) < 4.78 is 0. The van der Waals surface area contributed by atoms with Gasteiger partial charge in [0.15, 0.2) is 5.96 Å². The Kier molecular flexibility index (Phi) is 25.7. The van der Waals surface area contributed by atoms with Crippen molar-refractivity contribution in [1.29, 1.82) is 0 Å². The van der Waals surface area contributed by atoms with E-state index in [-0.39, 0.29) is 69.9 Å². The van der Waals surface area contributed by atoms with Gasteiger partial charge in [-0.05, 0) is 67.7 Å². The van der Waals surface area contributed by atoms with Crippen molar-refractivity contribution < 1.29 is 77.6 Å². The molecular weight excluding hydrogens is 1190 g/mol. The zero-order valence-electron chi connectivity index (χ0n) is 50.1. The molecule has 4 heterocycles. The van der Waals surface area contributed by atoms with Crippen LogP contribution in [0.3, 0.4) is 0 Å². The Bertz CT molecular complexity index is 3360. The van der Waals surface area contributed by atoms with Gasteiger partial charge in [0.25, 0.3) is 0 Å². The van der Waals surface area contributed by atoms with Crippen LogP contribution in [0.1, 0.15) is 76.3 Å². The number of amides is 12. The largest absolute Gasteiger partial charge is 0.481 e. The van der Waals surface area contributed by atoms with Crippen molar-refractivity contribution in [1.82, 2.24) is 68.0 Å². The van der Waals surface area contributed by atoms with Crippen molar-refractivity contribution in [3.8, 4) is 0 Å². The summed E-state index contributed by atoms with van der Waals surface area (Å²) in [6, 6.07) is -0.691. The quantitative estimate of drug-likeness (QED) is 0.0266. The Hall–Kier alpha value is -10.2. The van der Waals surface area contributed by atoms with E-state index in [0.29, 0.717) is 32.9 Å². The second-order valence-corrected chi connectivity index (χ2v) is 22.4. The van der Waals surface area contributed by atoms with E-state index in [4.69, 9.17) is 17.2 Å². The summed E-state index contributed by atoms with van der Waals surface area (Å²) in [6.07, 6.45) is 0.616. The lowest BCUT2D eigenvalue weighted by Gasteiger charge is -2.30. The number of carbonyl (C=O) groups is 13. The zero-order chi connectivity index (χ0) is 66.5. The number of aliphatic hydroxyl groups is 2. The summed E-state index contributed by atoms with van der Waals surface area (Å²) in [7, 11) is 0. The number of hydrogen-bond donors (Lipinski definition) is 18. The minimum atomic E-state index is -1.93. The first-order valence-corrected chi connectivity index (χ1v) is 29.5. The number of aromatic amines is 2. The average molecular weight is 1270 g/mol. The molecule has 0 bridgehead atoms. The molecule has 4 aromatic rings. The minimum Gasteiger partial charge on any atom is -0.481 e. The summed E-state index contributed by atoms with van der Waals surface area (Å²) in [5.41, 5.74) is 18.9. The maximum atomic E-state index is 14.6. The number of carboxylic acid groups (broad SMARTS) is 1. The summed E-state index contributed by atoms with van der Waals surface area (Å²) in [5, 5.41) is 56.5. The number of primary amides is 1. The molecule has 33 heteroatoms. The molecule has 2 aromatic heterocycles. The van der Waals surface area contributed by atoms with Gasteiger partial charge in [0.2, 0.25) is 70.9 Å². The number of nitrogens with one attached hydrogen (secondary N) is 12. The third kappa shape index (κ3) is 20.4. The SMILES string of the molecule is CC(C)CC1NC(=O)CNC(=O)C(CCCN=C(N)N)NC(=O)C(Cc2c[nH]c3ccccc23)NC(=O)CNC(=O)C(Cc2c[nH]c3ccccc23)NC(=O)C(CCC(N)=O)NC(=O)C(CO)NC(=O)C2CCCN2C(=O)C(CC(=O)O)NC(=O)C(CO)NC1=O. The number of aliphatic imine (C=N–C) groups is 1. The molecule has 2 fully saturated rings. The number of nitrogens with two attached hydrogens (primary N) is 3. The van der Waals surface area contributed by atoms with Crippen LogP contribution in [0.5, 0.6) is 0 Å². The fourth-order valence-electron chi connectivity index (χ4n) is 10.5. The minimum absolute atomic E-state index is 0.0148. The van der Waals surface area contributed by atoms with Crippen LogP contribution in [0, 0.1) is 5.92 Å². The number of rotatable bonds is 17. The number of nitrogens with zero attached hydrogens (tertiary/aromatic N) is 2. The van der Waals surface area contributed by atoms with E-state index in [0.717, 1.165) is 4.90 Å². The van der Waals surface area contributed by atoms with Gasteiger partial charge in [0.1, 0.15) is 54.4 Å². The first-order valence-electron chi connectivity index (χ1n) is 29.5. The molecule has 21 N–H and O–H groups in total. The molecule has 33 nitrogen and oxygen atoms in total. The van der Waals surface area contributed by atoms with Crippen LogP contribution in [-0.4, -0.2) is 207 Å². The third-order valence-electron chi connectivity index (χ3n) is 15.0. The molecule has 2 aromatic carbocycles. The molecule has 2 aliphatic heterocycles. The van der Waals surface area contributed by atoms with Crippen LogP contribution in [0.2, 0.25) is 0 Å². The highest BCUT2D eigenvalue weighted by Crippen LogP contribution is 2.23. The van der Waals surface area contributed by atoms with E-state index in [2.05, 4.69) is 68.1 Å². The molecule has 6 rings (SSSR count). The fourth-order valence-corrected chi connectivity index (χ4v) is 10.5. The normalized spacial score (nSPS) is 23.7. The van der Waals surface area contributed by atoms with Crippen molar-refractivity contribution in [3.05, 3.63) is 72.1 Å². The lowest BCUT2D eigenvalue weighted by Crippen LogP contribution is -2.61. The van der Waals surface area contributed by atoms with Gasteiger partial charge in [-0.25, -0.2) is 0 Å². The van der Waals surface area contributed by atoms with Gasteiger partial charge in [0, 0.05) is 66.6 Å². The van der Waals surface area contributed by atoms with E-state index in [9.17, 15) is 77.6 Å². The number of carboxylic acids is 1. The predicted molar refractivity (Wildman–Crippen MR) is 324 cm³/mol. The maximum Gasteiger partial charge on any atom is 0.305 e. The highest BCUT2D eigenvalue weighted by Gasteiger charge is 2.41. The lowest BCUT2D eigenvalue weighted by molar-refractivity contribution is -0.146. The molecule has 492 valence electrons. The van der Waals surface area contributed by atoms with E-state index in [1.165, 1.54) is 0 Å². The summed E-state index contributed by atoms with van der Waals surface area (Å²) in [6.45, 7) is -0.629. The van der Waals surface area contributed by atoms with Crippen molar-refractivity contribution >= 4 is 105 Å². The van der Waals surface area contributed by atoms with Gasteiger partial charge in [-0.2, -0.15) is 0 Å². The van der Waals surface area contributed by atoms with Crippen LogP contribution in [-0.2, 0) is 75.2 Å². The molecular formula is C58H79N17O16. The molecule has 12 amide bonds. The maximum absolute atomic E-state index is 14.6. The van der Waals surface area contributed by atoms with E-state index < -0.39 is 177 Å². The van der Waals surface area contributed by atoms with Gasteiger partial charge in [-0.15, -0.1) is 0 Å². The number of H-pyrrole nitrogens is 2. The monoisotopic (exact) mass is 1270 g/mol.